The molecule has 0 spiro atoms. The summed E-state index contributed by atoms with van der Waals surface area (Å²) in [5, 5.41) is 0. The molecule has 1 unspecified atom stereocenters. The smallest absolute Gasteiger partial charge is 0.0702 e. The van der Waals surface area contributed by atoms with Crippen LogP contribution in [0.1, 0.15) is 43.6 Å². The quantitative estimate of drug-likeness (QED) is 0.824. The average Bonchev–Trinajstić information content (AvgIpc) is 2.50. The van der Waals surface area contributed by atoms with Gasteiger partial charge < -0.3 is 9.64 Å². The second kappa shape index (κ2) is 6.53. The van der Waals surface area contributed by atoms with Gasteiger partial charge in [0, 0.05) is 13.2 Å². The minimum absolute atomic E-state index is 0.502. The topological polar surface area (TPSA) is 12.5 Å². The van der Waals surface area contributed by atoms with Gasteiger partial charge in [-0.15, -0.1) is 0 Å². The van der Waals surface area contributed by atoms with Crippen molar-refractivity contribution >= 4 is 0 Å². The lowest BCUT2D eigenvalue weighted by Crippen LogP contribution is -2.40. The van der Waals surface area contributed by atoms with Crippen LogP contribution >= 0.6 is 0 Å². The van der Waals surface area contributed by atoms with E-state index < -0.39 is 0 Å². The molecule has 0 radical (unpaired) electrons. The van der Waals surface area contributed by atoms with Crippen LogP contribution in [0.15, 0.2) is 30.3 Å². The summed E-state index contributed by atoms with van der Waals surface area (Å²) in [6.45, 7) is 4.60. The predicted octanol–water partition coefficient (Wildman–Crippen LogP) is 3.44. The van der Waals surface area contributed by atoms with Crippen LogP contribution in [0, 0.1) is 0 Å². The Bertz CT molecular complexity index is 364. The molecule has 2 saturated heterocycles. The molecule has 0 amide bonds. The van der Waals surface area contributed by atoms with Crippen LogP contribution in [0.25, 0.3) is 0 Å². The van der Waals surface area contributed by atoms with E-state index in [4.69, 9.17) is 4.74 Å². The molecule has 19 heavy (non-hydrogen) atoms. The van der Waals surface area contributed by atoms with Crippen molar-refractivity contribution < 1.29 is 4.74 Å². The molecule has 3 rings (SSSR count). The maximum atomic E-state index is 5.85. The molecule has 2 heterocycles. The maximum Gasteiger partial charge on any atom is 0.0702 e. The molecule has 0 N–H and O–H groups in total. The molecular formula is C17H25NO. The third kappa shape index (κ3) is 3.58. The largest absolute Gasteiger partial charge is 0.377 e. The predicted molar refractivity (Wildman–Crippen MR) is 78.4 cm³/mol. The van der Waals surface area contributed by atoms with E-state index in [1.807, 2.05) is 0 Å². The van der Waals surface area contributed by atoms with Gasteiger partial charge in [0.05, 0.1) is 6.10 Å². The van der Waals surface area contributed by atoms with E-state index in [1.165, 1.54) is 50.8 Å². The van der Waals surface area contributed by atoms with Crippen LogP contribution in [0.2, 0.25) is 0 Å². The highest BCUT2D eigenvalue weighted by Gasteiger charge is 2.23. The SMILES string of the molecule is c1ccc(C2CCN(CC3CCCCO3)CC2)cc1. The molecule has 2 aliphatic rings. The zero-order valence-electron chi connectivity index (χ0n) is 11.8. The number of hydrogen-bond donors (Lipinski definition) is 0. The van der Waals surface area contributed by atoms with Gasteiger partial charge in [-0.1, -0.05) is 30.3 Å². The molecule has 104 valence electrons. The minimum atomic E-state index is 0.502. The normalized spacial score (nSPS) is 26.4. The lowest BCUT2D eigenvalue weighted by atomic mass is 9.89. The second-order valence-electron chi connectivity index (χ2n) is 5.97. The number of hydrogen-bond acceptors (Lipinski definition) is 2. The lowest BCUT2D eigenvalue weighted by molar-refractivity contribution is -0.00950. The van der Waals surface area contributed by atoms with Crippen molar-refractivity contribution in [2.75, 3.05) is 26.2 Å². The molecule has 0 saturated carbocycles. The van der Waals surface area contributed by atoms with Gasteiger partial charge in [0.25, 0.3) is 0 Å². The summed E-state index contributed by atoms with van der Waals surface area (Å²) in [7, 11) is 0. The number of nitrogens with zero attached hydrogens (tertiary/aromatic N) is 1. The van der Waals surface area contributed by atoms with Gasteiger partial charge in [-0.3, -0.25) is 0 Å². The standard InChI is InChI=1S/C17H25NO/c1-2-6-15(7-3-1)16-9-11-18(12-10-16)14-17-8-4-5-13-19-17/h1-3,6-7,16-17H,4-5,8-14H2. The molecule has 1 aromatic rings. The Labute approximate surface area is 116 Å². The van der Waals surface area contributed by atoms with Gasteiger partial charge in [-0.25, -0.2) is 0 Å². The van der Waals surface area contributed by atoms with Gasteiger partial charge in [0.2, 0.25) is 0 Å². The Balaban J connectivity index is 1.46. The van der Waals surface area contributed by atoms with E-state index in [1.54, 1.807) is 0 Å². The number of rotatable bonds is 3. The van der Waals surface area contributed by atoms with E-state index in [0.717, 1.165) is 19.1 Å². The summed E-state index contributed by atoms with van der Waals surface area (Å²) in [4.78, 5) is 2.61. The first kappa shape index (κ1) is 13.1. The Hall–Kier alpha value is -0.860. The molecule has 2 heteroatoms. The molecule has 1 atom stereocenters. The molecule has 2 aliphatic heterocycles. The second-order valence-corrected chi connectivity index (χ2v) is 5.97. The molecule has 1 aromatic carbocycles. The molecule has 2 fully saturated rings. The fraction of sp³-hybridized carbons (Fsp3) is 0.647. The molecule has 0 bridgehead atoms. The van der Waals surface area contributed by atoms with E-state index in [0.29, 0.717) is 6.10 Å². The fourth-order valence-corrected chi connectivity index (χ4v) is 3.41. The summed E-state index contributed by atoms with van der Waals surface area (Å²) in [5.41, 5.74) is 1.52. The monoisotopic (exact) mass is 259 g/mol. The van der Waals surface area contributed by atoms with E-state index in [-0.39, 0.29) is 0 Å². The Morgan fingerprint density at radius 1 is 1.00 bits per heavy atom. The fourth-order valence-electron chi connectivity index (χ4n) is 3.41. The van der Waals surface area contributed by atoms with Gasteiger partial charge in [0.15, 0.2) is 0 Å². The van der Waals surface area contributed by atoms with Crippen molar-refractivity contribution in [2.24, 2.45) is 0 Å². The van der Waals surface area contributed by atoms with Crippen molar-refractivity contribution in [1.82, 2.24) is 4.90 Å². The van der Waals surface area contributed by atoms with Crippen molar-refractivity contribution in [3.8, 4) is 0 Å². The number of likely N-dealkylation sites (tertiary alicyclic amines) is 1. The van der Waals surface area contributed by atoms with Crippen LogP contribution in [0.5, 0.6) is 0 Å². The summed E-state index contributed by atoms with van der Waals surface area (Å²) in [6, 6.07) is 11.0. The first-order valence-corrected chi connectivity index (χ1v) is 7.81. The molecule has 2 nitrogen and oxygen atoms in total. The van der Waals surface area contributed by atoms with Crippen molar-refractivity contribution in [3.63, 3.8) is 0 Å². The van der Waals surface area contributed by atoms with Gasteiger partial charge in [0.1, 0.15) is 0 Å². The lowest BCUT2D eigenvalue weighted by Gasteiger charge is -2.35. The highest BCUT2D eigenvalue weighted by atomic mass is 16.5. The summed E-state index contributed by atoms with van der Waals surface area (Å²) >= 11 is 0. The number of benzene rings is 1. The Morgan fingerprint density at radius 3 is 2.47 bits per heavy atom. The van der Waals surface area contributed by atoms with Crippen LogP contribution in [-0.4, -0.2) is 37.2 Å². The number of piperidine rings is 1. The van der Waals surface area contributed by atoms with Crippen molar-refractivity contribution in [3.05, 3.63) is 35.9 Å². The zero-order chi connectivity index (χ0) is 12.9. The molecular weight excluding hydrogens is 234 g/mol. The van der Waals surface area contributed by atoms with Gasteiger partial charge in [-0.05, 0) is 56.7 Å². The van der Waals surface area contributed by atoms with Crippen molar-refractivity contribution in [1.29, 1.82) is 0 Å². The van der Waals surface area contributed by atoms with Crippen LogP contribution in [0.3, 0.4) is 0 Å². The third-order valence-electron chi connectivity index (χ3n) is 4.59. The van der Waals surface area contributed by atoms with Crippen LogP contribution in [0.4, 0.5) is 0 Å². The minimum Gasteiger partial charge on any atom is -0.377 e. The summed E-state index contributed by atoms with van der Waals surface area (Å²) in [6.07, 6.45) is 6.98. The van der Waals surface area contributed by atoms with Crippen molar-refractivity contribution in [2.45, 2.75) is 44.1 Å². The Kier molecular flexibility index (Phi) is 4.52. The van der Waals surface area contributed by atoms with E-state index in [9.17, 15) is 0 Å². The first-order chi connectivity index (χ1) is 9.42. The summed E-state index contributed by atoms with van der Waals surface area (Å²) in [5.74, 6) is 0.768. The highest BCUT2D eigenvalue weighted by Crippen LogP contribution is 2.28. The molecule has 0 aliphatic carbocycles. The van der Waals surface area contributed by atoms with Gasteiger partial charge in [-0.2, -0.15) is 0 Å². The summed E-state index contributed by atoms with van der Waals surface area (Å²) < 4.78 is 5.85. The Morgan fingerprint density at radius 2 is 1.79 bits per heavy atom. The first-order valence-electron chi connectivity index (χ1n) is 7.81. The van der Waals surface area contributed by atoms with Crippen LogP contribution < -0.4 is 0 Å². The zero-order valence-corrected chi connectivity index (χ0v) is 11.8. The molecule has 0 aromatic heterocycles. The van der Waals surface area contributed by atoms with Crippen LogP contribution in [-0.2, 0) is 4.74 Å². The van der Waals surface area contributed by atoms with E-state index in [2.05, 4.69) is 35.2 Å². The maximum absolute atomic E-state index is 5.85. The number of ether oxygens (including phenoxy) is 1. The third-order valence-corrected chi connectivity index (χ3v) is 4.59. The van der Waals surface area contributed by atoms with Gasteiger partial charge >= 0.3 is 0 Å². The average molecular weight is 259 g/mol. The highest BCUT2D eigenvalue weighted by molar-refractivity contribution is 5.20. The van der Waals surface area contributed by atoms with E-state index >= 15 is 0 Å².